The smallest absolute Gasteiger partial charge is 0.350 e. The van der Waals surface area contributed by atoms with Crippen molar-refractivity contribution in [3.05, 3.63) is 39.7 Å². The Morgan fingerprint density at radius 1 is 1.56 bits per heavy atom. The molecular formula is C17H23F2N5O3. The monoisotopic (exact) mass is 383 g/mol. The van der Waals surface area contributed by atoms with Crippen molar-refractivity contribution >= 4 is 6.21 Å². The fraction of sp³-hybridized carbons (Fsp3) is 0.588. The zero-order valence-electron chi connectivity index (χ0n) is 15.2. The van der Waals surface area contributed by atoms with E-state index < -0.39 is 30.0 Å². The van der Waals surface area contributed by atoms with Crippen molar-refractivity contribution in [3.63, 3.8) is 0 Å². The van der Waals surface area contributed by atoms with Crippen molar-refractivity contribution in [2.75, 3.05) is 26.7 Å². The van der Waals surface area contributed by atoms with Gasteiger partial charge in [0.2, 0.25) is 6.23 Å². The lowest BCUT2D eigenvalue weighted by molar-refractivity contribution is -0.140. The van der Waals surface area contributed by atoms with E-state index in [1.54, 1.807) is 14.0 Å². The molecule has 3 atom stereocenters. The second-order valence-corrected chi connectivity index (χ2v) is 6.79. The van der Waals surface area contributed by atoms with E-state index in [1.165, 1.54) is 18.5 Å². The first-order valence-electron chi connectivity index (χ1n) is 8.67. The van der Waals surface area contributed by atoms with Crippen LogP contribution in [0.4, 0.5) is 8.78 Å². The Morgan fingerprint density at radius 2 is 2.30 bits per heavy atom. The third-order valence-electron chi connectivity index (χ3n) is 4.98. The molecule has 3 rings (SSSR count). The predicted octanol–water partition coefficient (Wildman–Crippen LogP) is 0.274. The Morgan fingerprint density at radius 3 is 2.93 bits per heavy atom. The van der Waals surface area contributed by atoms with Crippen molar-refractivity contribution in [2.45, 2.75) is 37.7 Å². The van der Waals surface area contributed by atoms with Crippen molar-refractivity contribution in [1.82, 2.24) is 19.8 Å². The summed E-state index contributed by atoms with van der Waals surface area (Å²) in [4.78, 5) is 17.5. The number of aromatic nitrogens is 2. The number of hydrogen-bond donors (Lipinski definition) is 3. The van der Waals surface area contributed by atoms with Gasteiger partial charge in [-0.05, 0) is 25.0 Å². The molecule has 0 spiro atoms. The number of aliphatic hydroxyl groups excluding tert-OH is 1. The zero-order chi connectivity index (χ0) is 19.8. The van der Waals surface area contributed by atoms with Gasteiger partial charge < -0.3 is 20.6 Å². The number of halogens is 2. The number of nitrogens with zero attached hydrogens (tertiary/aromatic N) is 3. The number of alkyl halides is 2. The highest BCUT2D eigenvalue weighted by Crippen LogP contribution is 2.42. The summed E-state index contributed by atoms with van der Waals surface area (Å²) in [6.07, 6.45) is -2.01. The van der Waals surface area contributed by atoms with Crippen molar-refractivity contribution in [2.24, 2.45) is 0 Å². The minimum atomic E-state index is -3.62. The van der Waals surface area contributed by atoms with Crippen LogP contribution in [0.25, 0.3) is 0 Å². The molecule has 0 bridgehead atoms. The van der Waals surface area contributed by atoms with Crippen LogP contribution in [0.15, 0.2) is 28.3 Å². The Bertz CT molecular complexity index is 810. The molecule has 0 aromatic carbocycles. The van der Waals surface area contributed by atoms with Gasteiger partial charge in [-0.15, -0.1) is 0 Å². The zero-order valence-corrected chi connectivity index (χ0v) is 15.2. The maximum absolute atomic E-state index is 14.6. The first-order valence-corrected chi connectivity index (χ1v) is 8.67. The lowest BCUT2D eigenvalue weighted by atomic mass is 10.0. The fourth-order valence-corrected chi connectivity index (χ4v) is 3.44. The number of hydrogen-bond acceptors (Lipinski definition) is 7. The molecule has 3 N–H and O–H groups in total. The van der Waals surface area contributed by atoms with E-state index in [2.05, 4.69) is 10.3 Å². The molecule has 0 aliphatic carbocycles. The van der Waals surface area contributed by atoms with Crippen LogP contribution in [0.1, 0.15) is 18.3 Å². The van der Waals surface area contributed by atoms with E-state index >= 15 is 0 Å². The highest BCUT2D eigenvalue weighted by molar-refractivity contribution is 5.77. The molecule has 0 amide bonds. The first kappa shape index (κ1) is 19.6. The molecule has 0 saturated carbocycles. The van der Waals surface area contributed by atoms with Crippen LogP contribution < -0.4 is 11.0 Å². The summed E-state index contributed by atoms with van der Waals surface area (Å²) >= 11 is 0. The lowest BCUT2D eigenvalue weighted by Gasteiger charge is -2.31. The minimum absolute atomic E-state index is 0.0811. The molecule has 1 fully saturated rings. The van der Waals surface area contributed by atoms with Crippen molar-refractivity contribution in [3.8, 4) is 0 Å². The molecule has 0 unspecified atom stereocenters. The van der Waals surface area contributed by atoms with E-state index in [0.29, 0.717) is 25.2 Å². The average Bonchev–Trinajstić information content (AvgIpc) is 2.85. The van der Waals surface area contributed by atoms with Crippen LogP contribution in [-0.2, 0) is 4.74 Å². The van der Waals surface area contributed by atoms with Crippen molar-refractivity contribution in [1.29, 1.82) is 5.41 Å². The van der Waals surface area contributed by atoms with Gasteiger partial charge in [0.1, 0.15) is 12.2 Å². The maximum Gasteiger partial charge on any atom is 0.350 e. The molecule has 8 nitrogen and oxygen atoms in total. The van der Waals surface area contributed by atoms with Gasteiger partial charge in [-0.25, -0.2) is 4.79 Å². The number of rotatable bonds is 5. The van der Waals surface area contributed by atoms with Gasteiger partial charge in [-0.2, -0.15) is 13.8 Å². The summed E-state index contributed by atoms with van der Waals surface area (Å²) in [7, 11) is 1.74. The normalized spacial score (nSPS) is 28.4. The predicted molar refractivity (Wildman–Crippen MR) is 94.0 cm³/mol. The summed E-state index contributed by atoms with van der Waals surface area (Å²) in [5.74, 6) is -3.62. The molecule has 27 heavy (non-hydrogen) atoms. The van der Waals surface area contributed by atoms with Crippen LogP contribution in [0.3, 0.4) is 0 Å². The van der Waals surface area contributed by atoms with Gasteiger partial charge in [0, 0.05) is 50.5 Å². The van der Waals surface area contributed by atoms with Gasteiger partial charge in [0.25, 0.3) is 0 Å². The number of aliphatic hydroxyl groups is 1. The molecule has 2 aliphatic heterocycles. The van der Waals surface area contributed by atoms with E-state index in [1.807, 2.05) is 4.90 Å². The molecule has 1 saturated heterocycles. The summed E-state index contributed by atoms with van der Waals surface area (Å²) in [5, 5.41) is 20.6. The molecule has 1 aromatic heterocycles. The van der Waals surface area contributed by atoms with Gasteiger partial charge >= 0.3 is 11.6 Å². The van der Waals surface area contributed by atoms with Crippen LogP contribution in [0, 0.1) is 12.3 Å². The third kappa shape index (κ3) is 3.64. The van der Waals surface area contributed by atoms with E-state index in [0.717, 1.165) is 15.8 Å². The number of nitrogens with one attached hydrogen (secondary N) is 2. The second-order valence-electron chi connectivity index (χ2n) is 6.79. The summed E-state index contributed by atoms with van der Waals surface area (Å²) < 4.78 is 35.3. The average molecular weight is 383 g/mol. The number of likely N-dealkylation sites (N-methyl/N-ethyl adjacent to an activating group) is 1. The molecule has 1 aromatic rings. The quantitative estimate of drug-likeness (QED) is 0.631. The van der Waals surface area contributed by atoms with Crippen LogP contribution in [-0.4, -0.2) is 70.6 Å². The molecule has 0 radical (unpaired) electrons. The molecule has 3 heterocycles. The summed E-state index contributed by atoms with van der Waals surface area (Å²) in [6.45, 7) is 2.67. The van der Waals surface area contributed by atoms with Crippen molar-refractivity contribution < 1.29 is 18.6 Å². The molecule has 10 heteroatoms. The third-order valence-corrected chi connectivity index (χ3v) is 4.98. The van der Waals surface area contributed by atoms with E-state index in [-0.39, 0.29) is 6.54 Å². The maximum atomic E-state index is 14.6. The van der Waals surface area contributed by atoms with Crippen LogP contribution in [0.2, 0.25) is 0 Å². The first-order chi connectivity index (χ1) is 12.8. The van der Waals surface area contributed by atoms with Gasteiger partial charge in [-0.3, -0.25) is 9.47 Å². The number of ether oxygens (including phenoxy) is 1. The molecule has 2 aliphatic rings. The van der Waals surface area contributed by atoms with Gasteiger partial charge in [-0.1, -0.05) is 0 Å². The lowest BCUT2D eigenvalue weighted by Crippen LogP contribution is -2.46. The van der Waals surface area contributed by atoms with E-state index in [4.69, 9.17) is 10.1 Å². The topological polar surface area (TPSA) is 103 Å². The highest BCUT2D eigenvalue weighted by Gasteiger charge is 2.59. The molecule has 148 valence electrons. The Labute approximate surface area is 155 Å². The molecular weight excluding hydrogens is 360 g/mol. The largest absolute Gasteiger partial charge is 0.390 e. The number of aryl methyl sites for hydroxylation is 1. The summed E-state index contributed by atoms with van der Waals surface area (Å²) in [5.41, 5.74) is 1.27. The minimum Gasteiger partial charge on any atom is -0.390 e. The Balaban J connectivity index is 1.78. The van der Waals surface area contributed by atoms with Crippen LogP contribution >= 0.6 is 0 Å². The second kappa shape index (κ2) is 7.45. The van der Waals surface area contributed by atoms with Gasteiger partial charge in [0.05, 0.1) is 0 Å². The Hall–Kier alpha value is -2.17. The Kier molecular flexibility index (Phi) is 5.41. The fourth-order valence-electron chi connectivity index (χ4n) is 3.44. The highest BCUT2D eigenvalue weighted by atomic mass is 19.3. The van der Waals surface area contributed by atoms with Gasteiger partial charge in [0.15, 0.2) is 0 Å². The van der Waals surface area contributed by atoms with E-state index in [9.17, 15) is 18.7 Å². The standard InChI is InChI=1S/C17H23F2N5O3/c1-10-3-6-24(16(26)22-10)15-17(18,19)14(25)13(27-15)9-23-5-4-11(7-20)12(8-23)21-2/h3,6-7,13-15,20-21,25H,4-5,8-9H2,1-2H3/t13-,14-,15-/m1/s1. The SMILES string of the molecule is CNC1=C(C=N)CCN(C[C@H]2O[C@@H](n3ccc(C)nc3=O)C(F)(F)[C@@H]2O)C1. The summed E-state index contributed by atoms with van der Waals surface area (Å²) in [6, 6.07) is 1.44. The van der Waals surface area contributed by atoms with Crippen LogP contribution in [0.5, 0.6) is 0 Å².